The maximum absolute atomic E-state index is 2.33. The molecule has 0 aliphatic carbocycles. The fourth-order valence-corrected chi connectivity index (χ4v) is 3.79. The van der Waals surface area contributed by atoms with E-state index in [-0.39, 0.29) is 0 Å². The zero-order chi connectivity index (χ0) is 17.3. The molecule has 0 aliphatic rings. The molecule has 0 radical (unpaired) electrons. The molecule has 5 aromatic rings. The maximum atomic E-state index is 2.33. The molecule has 122 valence electrons. The molecule has 0 aromatic heterocycles. The van der Waals surface area contributed by atoms with Crippen molar-refractivity contribution in [2.45, 2.75) is 0 Å². The van der Waals surface area contributed by atoms with Crippen LogP contribution in [0.15, 0.2) is 109 Å². The van der Waals surface area contributed by atoms with Crippen LogP contribution in [0.1, 0.15) is 0 Å². The van der Waals surface area contributed by atoms with Crippen LogP contribution < -0.4 is 0 Å². The number of fused-ring (bicyclic) bond motifs is 2. The van der Waals surface area contributed by atoms with Gasteiger partial charge >= 0.3 is 0 Å². The summed E-state index contributed by atoms with van der Waals surface area (Å²) in [7, 11) is 0. The lowest BCUT2D eigenvalue weighted by molar-refractivity contribution is 1.64. The predicted molar refractivity (Wildman–Crippen MR) is 112 cm³/mol. The van der Waals surface area contributed by atoms with Gasteiger partial charge in [0, 0.05) is 0 Å². The average Bonchev–Trinajstić information content (AvgIpc) is 2.73. The van der Waals surface area contributed by atoms with Gasteiger partial charge in [-0.3, -0.25) is 0 Å². The molecule has 0 fully saturated rings. The zero-order valence-electron chi connectivity index (χ0n) is 14.4. The van der Waals surface area contributed by atoms with Crippen molar-refractivity contribution in [1.82, 2.24) is 0 Å². The Morgan fingerprint density at radius 1 is 0.346 bits per heavy atom. The minimum absolute atomic E-state index is 1.26. The van der Waals surface area contributed by atoms with Gasteiger partial charge in [0.05, 0.1) is 0 Å². The van der Waals surface area contributed by atoms with E-state index in [0.717, 1.165) is 0 Å². The highest BCUT2D eigenvalue weighted by atomic mass is 14.1. The third-order valence-corrected chi connectivity index (χ3v) is 5.07. The first-order chi connectivity index (χ1) is 12.9. The van der Waals surface area contributed by atoms with Gasteiger partial charge in [-0.2, -0.15) is 0 Å². The molecule has 0 heteroatoms. The molecule has 26 heavy (non-hydrogen) atoms. The first-order valence-corrected chi connectivity index (χ1v) is 8.96. The van der Waals surface area contributed by atoms with Gasteiger partial charge in [0.2, 0.25) is 0 Å². The lowest BCUT2D eigenvalue weighted by atomic mass is 9.93. The highest BCUT2D eigenvalue weighted by molar-refractivity contribution is 6.02. The van der Waals surface area contributed by atoms with Crippen LogP contribution in [0.25, 0.3) is 43.8 Å². The van der Waals surface area contributed by atoms with Gasteiger partial charge in [-0.05, 0) is 49.9 Å². The summed E-state index contributed by atoms with van der Waals surface area (Å²) in [6, 6.07) is 39.1. The van der Waals surface area contributed by atoms with E-state index in [0.29, 0.717) is 0 Å². The monoisotopic (exact) mass is 330 g/mol. The van der Waals surface area contributed by atoms with Crippen LogP contribution in [-0.4, -0.2) is 0 Å². The molecular weight excluding hydrogens is 312 g/mol. The van der Waals surface area contributed by atoms with Crippen LogP contribution in [-0.2, 0) is 0 Å². The molecule has 5 rings (SSSR count). The predicted octanol–water partition coefficient (Wildman–Crippen LogP) is 7.33. The summed E-state index contributed by atoms with van der Waals surface area (Å²) >= 11 is 0. The van der Waals surface area contributed by atoms with Gasteiger partial charge in [0.1, 0.15) is 0 Å². The van der Waals surface area contributed by atoms with Crippen molar-refractivity contribution in [3.8, 4) is 22.3 Å². The Morgan fingerprint density at radius 3 is 1.77 bits per heavy atom. The molecule has 0 N–H and O–H groups in total. The van der Waals surface area contributed by atoms with Crippen LogP contribution in [0.5, 0.6) is 0 Å². The zero-order valence-corrected chi connectivity index (χ0v) is 14.4. The minimum atomic E-state index is 1.26. The summed E-state index contributed by atoms with van der Waals surface area (Å²) in [5, 5.41) is 5.15. The molecule has 0 spiro atoms. The number of rotatable bonds is 2. The van der Waals surface area contributed by atoms with Gasteiger partial charge in [0.25, 0.3) is 0 Å². The van der Waals surface area contributed by atoms with E-state index in [1.54, 1.807) is 0 Å². The molecule has 0 unspecified atom stereocenters. The fraction of sp³-hybridized carbons (Fsp3) is 0. The molecule has 0 nitrogen and oxygen atoms in total. The molecule has 0 saturated carbocycles. The molecule has 0 bridgehead atoms. The highest BCUT2D eigenvalue weighted by Gasteiger charge is 2.07. The number of hydrogen-bond donors (Lipinski definition) is 0. The second-order valence-electron chi connectivity index (χ2n) is 6.63. The SMILES string of the molecule is c1ccc(-c2cccc3ccc(-c4cccc5ccccc45)cc23)cc1. The van der Waals surface area contributed by atoms with E-state index in [4.69, 9.17) is 0 Å². The average molecular weight is 330 g/mol. The van der Waals surface area contributed by atoms with E-state index < -0.39 is 0 Å². The van der Waals surface area contributed by atoms with Crippen molar-refractivity contribution in [2.24, 2.45) is 0 Å². The Hall–Kier alpha value is -3.38. The van der Waals surface area contributed by atoms with Crippen LogP contribution in [0, 0.1) is 0 Å². The Kier molecular flexibility index (Phi) is 3.54. The van der Waals surface area contributed by atoms with Gasteiger partial charge in [0.15, 0.2) is 0 Å². The summed E-state index contributed by atoms with van der Waals surface area (Å²) in [6.45, 7) is 0. The highest BCUT2D eigenvalue weighted by Crippen LogP contribution is 2.34. The maximum Gasteiger partial charge on any atom is -0.00992 e. The van der Waals surface area contributed by atoms with Gasteiger partial charge < -0.3 is 0 Å². The Labute approximate surface area is 153 Å². The van der Waals surface area contributed by atoms with Crippen LogP contribution in [0.4, 0.5) is 0 Å². The van der Waals surface area contributed by atoms with Gasteiger partial charge in [-0.15, -0.1) is 0 Å². The van der Waals surface area contributed by atoms with Crippen LogP contribution in [0.2, 0.25) is 0 Å². The van der Waals surface area contributed by atoms with E-state index in [2.05, 4.69) is 109 Å². The summed E-state index contributed by atoms with van der Waals surface area (Å²) in [5.74, 6) is 0. The van der Waals surface area contributed by atoms with E-state index in [1.165, 1.54) is 43.8 Å². The van der Waals surface area contributed by atoms with Gasteiger partial charge in [-0.1, -0.05) is 103 Å². The molecule has 0 amide bonds. The molecule has 0 aliphatic heterocycles. The normalized spacial score (nSPS) is 11.1. The number of hydrogen-bond acceptors (Lipinski definition) is 0. The Bertz CT molecular complexity index is 1210. The summed E-state index contributed by atoms with van der Waals surface area (Å²) in [4.78, 5) is 0. The molecular formula is C26H18. The van der Waals surface area contributed by atoms with Crippen molar-refractivity contribution in [3.05, 3.63) is 109 Å². The van der Waals surface area contributed by atoms with E-state index >= 15 is 0 Å². The minimum Gasteiger partial charge on any atom is -0.0622 e. The summed E-state index contributed by atoms with van der Waals surface area (Å²) in [6.07, 6.45) is 0. The van der Waals surface area contributed by atoms with Crippen molar-refractivity contribution in [1.29, 1.82) is 0 Å². The van der Waals surface area contributed by atoms with Crippen molar-refractivity contribution >= 4 is 21.5 Å². The lowest BCUT2D eigenvalue weighted by Gasteiger charge is -2.11. The van der Waals surface area contributed by atoms with Crippen molar-refractivity contribution in [3.63, 3.8) is 0 Å². The number of benzene rings is 5. The summed E-state index contributed by atoms with van der Waals surface area (Å²) in [5.41, 5.74) is 5.09. The third-order valence-electron chi connectivity index (χ3n) is 5.07. The first kappa shape index (κ1) is 14.9. The second-order valence-corrected chi connectivity index (χ2v) is 6.63. The van der Waals surface area contributed by atoms with Gasteiger partial charge in [-0.25, -0.2) is 0 Å². The van der Waals surface area contributed by atoms with Crippen LogP contribution in [0.3, 0.4) is 0 Å². The van der Waals surface area contributed by atoms with E-state index in [9.17, 15) is 0 Å². The fourth-order valence-electron chi connectivity index (χ4n) is 3.79. The standard InChI is InChI=1S/C26H18/c1-2-8-19(9-3-1)24-14-7-12-21-16-17-22(18-26(21)24)25-15-6-11-20-10-4-5-13-23(20)25/h1-18H. The topological polar surface area (TPSA) is 0 Å². The summed E-state index contributed by atoms with van der Waals surface area (Å²) < 4.78 is 0. The lowest BCUT2D eigenvalue weighted by Crippen LogP contribution is -1.85. The van der Waals surface area contributed by atoms with Crippen molar-refractivity contribution < 1.29 is 0 Å². The third kappa shape index (κ3) is 2.48. The Balaban J connectivity index is 1.78. The second kappa shape index (κ2) is 6.16. The molecule has 0 atom stereocenters. The first-order valence-electron chi connectivity index (χ1n) is 8.96. The van der Waals surface area contributed by atoms with E-state index in [1.807, 2.05) is 0 Å². The quantitative estimate of drug-likeness (QED) is 0.318. The molecule has 0 heterocycles. The molecule has 0 saturated heterocycles. The Morgan fingerprint density at radius 2 is 0.962 bits per heavy atom. The van der Waals surface area contributed by atoms with Crippen molar-refractivity contribution in [2.75, 3.05) is 0 Å². The largest absolute Gasteiger partial charge is 0.0622 e. The smallest absolute Gasteiger partial charge is 0.00992 e. The molecule has 5 aromatic carbocycles. The van der Waals surface area contributed by atoms with Crippen LogP contribution >= 0.6 is 0 Å².